The molecule has 2 amide bonds. The number of aromatic nitrogens is 3. The van der Waals surface area contributed by atoms with E-state index in [4.69, 9.17) is 0 Å². The molecule has 172 valence electrons. The first kappa shape index (κ1) is 22.7. The summed E-state index contributed by atoms with van der Waals surface area (Å²) in [6, 6.07) is 20.5. The maximum absolute atomic E-state index is 13.3. The van der Waals surface area contributed by atoms with E-state index in [9.17, 15) is 22.8 Å². The molecule has 0 bridgehead atoms. The van der Waals surface area contributed by atoms with Gasteiger partial charge in [-0.2, -0.15) is 13.2 Å². The molecule has 4 rings (SSSR count). The maximum atomic E-state index is 13.3. The SMILES string of the molecule is O=C(Nc1ccccc1C(=O)NCc1ccccc1)c1cn(-c2ccccc2C(F)(F)F)nn1. The Hall–Kier alpha value is -4.47. The highest BCUT2D eigenvalue weighted by atomic mass is 19.4. The van der Waals surface area contributed by atoms with Crippen molar-refractivity contribution in [2.24, 2.45) is 0 Å². The fourth-order valence-corrected chi connectivity index (χ4v) is 3.25. The molecule has 2 N–H and O–H groups in total. The number of alkyl halides is 3. The van der Waals surface area contributed by atoms with Crippen molar-refractivity contribution in [1.29, 1.82) is 0 Å². The molecule has 0 aliphatic carbocycles. The maximum Gasteiger partial charge on any atom is 0.418 e. The van der Waals surface area contributed by atoms with Crippen LogP contribution in [-0.4, -0.2) is 26.8 Å². The monoisotopic (exact) mass is 465 g/mol. The van der Waals surface area contributed by atoms with Crippen LogP contribution in [0.4, 0.5) is 18.9 Å². The highest BCUT2D eigenvalue weighted by Crippen LogP contribution is 2.33. The van der Waals surface area contributed by atoms with Crippen LogP contribution < -0.4 is 10.6 Å². The number of amides is 2. The lowest BCUT2D eigenvalue weighted by atomic mass is 10.1. The molecule has 0 spiro atoms. The van der Waals surface area contributed by atoms with Crippen molar-refractivity contribution in [3.63, 3.8) is 0 Å². The molecular weight excluding hydrogens is 447 g/mol. The summed E-state index contributed by atoms with van der Waals surface area (Å²) in [7, 11) is 0. The highest BCUT2D eigenvalue weighted by molar-refractivity contribution is 6.08. The molecule has 10 heteroatoms. The molecule has 0 aliphatic heterocycles. The summed E-state index contributed by atoms with van der Waals surface area (Å²) in [6.07, 6.45) is -3.50. The van der Waals surface area contributed by atoms with Gasteiger partial charge in [-0.25, -0.2) is 4.68 Å². The first-order valence-electron chi connectivity index (χ1n) is 10.1. The molecule has 0 fully saturated rings. The first-order chi connectivity index (χ1) is 16.3. The average molecular weight is 465 g/mol. The number of rotatable bonds is 6. The number of carbonyl (C=O) groups is 2. The molecule has 1 heterocycles. The number of nitrogens with zero attached hydrogens (tertiary/aromatic N) is 3. The van der Waals surface area contributed by atoms with Crippen LogP contribution in [0.25, 0.3) is 5.69 Å². The van der Waals surface area contributed by atoms with Crippen LogP contribution in [-0.2, 0) is 12.7 Å². The van der Waals surface area contributed by atoms with Crippen molar-refractivity contribution in [1.82, 2.24) is 20.3 Å². The third kappa shape index (κ3) is 5.12. The lowest BCUT2D eigenvalue weighted by Gasteiger charge is -2.11. The molecule has 0 atom stereocenters. The summed E-state index contributed by atoms with van der Waals surface area (Å²) < 4.78 is 40.8. The van der Waals surface area contributed by atoms with E-state index in [1.807, 2.05) is 30.3 Å². The second-order valence-electron chi connectivity index (χ2n) is 7.23. The normalized spacial score (nSPS) is 11.1. The third-order valence-electron chi connectivity index (χ3n) is 4.90. The largest absolute Gasteiger partial charge is 0.418 e. The van der Waals surface area contributed by atoms with E-state index in [-0.39, 0.29) is 22.6 Å². The van der Waals surface area contributed by atoms with Crippen LogP contribution in [0.3, 0.4) is 0 Å². The number of nitrogens with one attached hydrogen (secondary N) is 2. The van der Waals surface area contributed by atoms with Gasteiger partial charge in [0.2, 0.25) is 0 Å². The number of hydrogen-bond donors (Lipinski definition) is 2. The van der Waals surface area contributed by atoms with Gasteiger partial charge in [0.25, 0.3) is 11.8 Å². The van der Waals surface area contributed by atoms with Gasteiger partial charge in [-0.15, -0.1) is 5.10 Å². The van der Waals surface area contributed by atoms with Crippen molar-refractivity contribution in [2.45, 2.75) is 12.7 Å². The molecule has 34 heavy (non-hydrogen) atoms. The van der Waals surface area contributed by atoms with Gasteiger partial charge in [0, 0.05) is 6.54 Å². The lowest BCUT2D eigenvalue weighted by Crippen LogP contribution is -2.25. The average Bonchev–Trinajstić information content (AvgIpc) is 3.33. The van der Waals surface area contributed by atoms with Crippen molar-refractivity contribution < 1.29 is 22.8 Å². The number of carbonyl (C=O) groups excluding carboxylic acids is 2. The Morgan fingerprint density at radius 2 is 1.53 bits per heavy atom. The van der Waals surface area contributed by atoms with Crippen LogP contribution in [0.2, 0.25) is 0 Å². The highest BCUT2D eigenvalue weighted by Gasteiger charge is 2.34. The smallest absolute Gasteiger partial charge is 0.348 e. The quantitative estimate of drug-likeness (QED) is 0.440. The Kier molecular flexibility index (Phi) is 6.39. The Labute approximate surface area is 192 Å². The minimum Gasteiger partial charge on any atom is -0.348 e. The predicted molar refractivity (Wildman–Crippen MR) is 118 cm³/mol. The van der Waals surface area contributed by atoms with Crippen molar-refractivity contribution in [2.75, 3.05) is 5.32 Å². The fourth-order valence-electron chi connectivity index (χ4n) is 3.25. The Balaban J connectivity index is 1.51. The van der Waals surface area contributed by atoms with E-state index in [2.05, 4.69) is 20.9 Å². The summed E-state index contributed by atoms with van der Waals surface area (Å²) in [5.74, 6) is -1.12. The zero-order valence-electron chi connectivity index (χ0n) is 17.6. The molecular formula is C24H18F3N5O2. The Bertz CT molecular complexity index is 1320. The lowest BCUT2D eigenvalue weighted by molar-refractivity contribution is -0.137. The molecule has 3 aromatic carbocycles. The summed E-state index contributed by atoms with van der Waals surface area (Å²) in [5.41, 5.74) is -0.0241. The van der Waals surface area contributed by atoms with Crippen LogP contribution in [0.1, 0.15) is 32.0 Å². The third-order valence-corrected chi connectivity index (χ3v) is 4.90. The van der Waals surface area contributed by atoms with Crippen LogP contribution in [0, 0.1) is 0 Å². The van der Waals surface area contributed by atoms with Crippen LogP contribution >= 0.6 is 0 Å². The van der Waals surface area contributed by atoms with E-state index in [0.29, 0.717) is 6.54 Å². The Morgan fingerprint density at radius 3 is 2.29 bits per heavy atom. The van der Waals surface area contributed by atoms with E-state index < -0.39 is 23.6 Å². The first-order valence-corrected chi connectivity index (χ1v) is 10.1. The van der Waals surface area contributed by atoms with E-state index in [1.54, 1.807) is 24.3 Å². The van der Waals surface area contributed by atoms with Gasteiger partial charge >= 0.3 is 6.18 Å². The second-order valence-corrected chi connectivity index (χ2v) is 7.23. The molecule has 7 nitrogen and oxygen atoms in total. The minimum atomic E-state index is -4.60. The molecule has 0 saturated heterocycles. The minimum absolute atomic E-state index is 0.212. The van der Waals surface area contributed by atoms with Gasteiger partial charge in [0.15, 0.2) is 5.69 Å². The van der Waals surface area contributed by atoms with Crippen molar-refractivity contribution >= 4 is 17.5 Å². The summed E-state index contributed by atoms with van der Waals surface area (Å²) in [4.78, 5) is 25.4. The number of hydrogen-bond acceptors (Lipinski definition) is 4. The van der Waals surface area contributed by atoms with Gasteiger partial charge in [0.1, 0.15) is 0 Å². The fraction of sp³-hybridized carbons (Fsp3) is 0.0833. The van der Waals surface area contributed by atoms with Gasteiger partial charge < -0.3 is 10.6 Å². The summed E-state index contributed by atoms with van der Waals surface area (Å²) in [5, 5.41) is 12.7. The molecule has 4 aromatic rings. The van der Waals surface area contributed by atoms with E-state index in [0.717, 1.165) is 22.5 Å². The number of benzene rings is 3. The summed E-state index contributed by atoms with van der Waals surface area (Å²) in [6.45, 7) is 0.300. The molecule has 0 aliphatic rings. The van der Waals surface area contributed by atoms with E-state index >= 15 is 0 Å². The second kappa shape index (κ2) is 9.57. The van der Waals surface area contributed by atoms with Gasteiger partial charge in [-0.3, -0.25) is 9.59 Å². The van der Waals surface area contributed by atoms with Crippen LogP contribution in [0.15, 0.2) is 85.1 Å². The zero-order chi connectivity index (χ0) is 24.1. The van der Waals surface area contributed by atoms with Gasteiger partial charge in [0.05, 0.1) is 28.7 Å². The molecule has 1 aromatic heterocycles. The van der Waals surface area contributed by atoms with Gasteiger partial charge in [-0.05, 0) is 29.8 Å². The molecule has 0 saturated carbocycles. The van der Waals surface area contributed by atoms with Crippen molar-refractivity contribution in [3.8, 4) is 5.69 Å². The number of halogens is 3. The van der Waals surface area contributed by atoms with Crippen LogP contribution in [0.5, 0.6) is 0 Å². The zero-order valence-corrected chi connectivity index (χ0v) is 17.6. The number of para-hydroxylation sites is 2. The van der Waals surface area contributed by atoms with E-state index in [1.165, 1.54) is 18.2 Å². The van der Waals surface area contributed by atoms with Gasteiger partial charge in [-0.1, -0.05) is 59.8 Å². The number of anilines is 1. The molecule has 0 radical (unpaired) electrons. The standard InChI is InChI=1S/C24H18F3N5O2/c25-24(26,27)18-11-5-7-13-21(18)32-15-20(30-31-32)23(34)29-19-12-6-4-10-17(19)22(33)28-14-16-8-2-1-3-9-16/h1-13,15H,14H2,(H,28,33)(H,29,34). The van der Waals surface area contributed by atoms with Crippen molar-refractivity contribution in [3.05, 3.63) is 107 Å². The molecule has 0 unspecified atom stereocenters. The topological polar surface area (TPSA) is 88.9 Å². The Morgan fingerprint density at radius 1 is 0.853 bits per heavy atom. The summed E-state index contributed by atoms with van der Waals surface area (Å²) >= 11 is 0. The predicted octanol–water partition coefficient (Wildman–Crippen LogP) is 4.47.